The molecule has 0 unspecified atom stereocenters. The van der Waals surface area contributed by atoms with Crippen molar-refractivity contribution in [2.75, 3.05) is 18.6 Å². The molecule has 1 aliphatic rings. The SMILES string of the molecule is CC(C)(C)CN(CO)[C@]1(Cc2cccc(Cl)c2)C(=O)Nc2cc(Cl)ccc21. The second-order valence-electron chi connectivity index (χ2n) is 8.21. The number of benzene rings is 2. The van der Waals surface area contributed by atoms with Crippen LogP contribution in [0.15, 0.2) is 42.5 Å². The molecule has 27 heavy (non-hydrogen) atoms. The first-order chi connectivity index (χ1) is 12.7. The predicted molar refractivity (Wildman–Crippen MR) is 110 cm³/mol. The summed E-state index contributed by atoms with van der Waals surface area (Å²) in [7, 11) is 0. The number of rotatable bonds is 5. The van der Waals surface area contributed by atoms with Crippen molar-refractivity contribution in [2.24, 2.45) is 5.41 Å². The Morgan fingerprint density at radius 3 is 2.44 bits per heavy atom. The van der Waals surface area contributed by atoms with Crippen molar-refractivity contribution < 1.29 is 9.90 Å². The number of halogens is 2. The van der Waals surface area contributed by atoms with E-state index >= 15 is 0 Å². The molecule has 6 heteroatoms. The summed E-state index contributed by atoms with van der Waals surface area (Å²) in [5, 5.41) is 14.4. The lowest BCUT2D eigenvalue weighted by Gasteiger charge is -2.41. The average Bonchev–Trinajstić information content (AvgIpc) is 2.83. The highest BCUT2D eigenvalue weighted by atomic mass is 35.5. The number of carbonyl (C=O) groups is 1. The van der Waals surface area contributed by atoms with Crippen molar-refractivity contribution in [3.63, 3.8) is 0 Å². The third kappa shape index (κ3) is 3.99. The number of nitrogens with one attached hydrogen (secondary N) is 1. The summed E-state index contributed by atoms with van der Waals surface area (Å²) in [5.41, 5.74) is 1.27. The van der Waals surface area contributed by atoms with E-state index in [1.54, 1.807) is 18.2 Å². The van der Waals surface area contributed by atoms with E-state index in [9.17, 15) is 9.90 Å². The van der Waals surface area contributed by atoms with Gasteiger partial charge in [0.1, 0.15) is 5.54 Å². The van der Waals surface area contributed by atoms with Crippen LogP contribution in [0.1, 0.15) is 31.9 Å². The molecular formula is C21H24Cl2N2O2. The number of hydrogen-bond acceptors (Lipinski definition) is 3. The van der Waals surface area contributed by atoms with Crippen LogP contribution in [-0.2, 0) is 16.8 Å². The van der Waals surface area contributed by atoms with E-state index in [4.69, 9.17) is 23.2 Å². The van der Waals surface area contributed by atoms with Gasteiger partial charge in [0.05, 0.1) is 6.73 Å². The molecule has 0 aliphatic carbocycles. The van der Waals surface area contributed by atoms with Crippen LogP contribution in [0.25, 0.3) is 0 Å². The molecule has 0 saturated heterocycles. The van der Waals surface area contributed by atoms with Crippen molar-refractivity contribution in [1.82, 2.24) is 4.90 Å². The highest BCUT2D eigenvalue weighted by Gasteiger charge is 2.51. The van der Waals surface area contributed by atoms with Crippen LogP contribution in [0.3, 0.4) is 0 Å². The maximum absolute atomic E-state index is 13.3. The Labute approximate surface area is 170 Å². The predicted octanol–water partition coefficient (Wildman–Crippen LogP) is 4.68. The molecule has 2 aromatic rings. The number of amides is 1. The lowest BCUT2D eigenvalue weighted by molar-refractivity contribution is -0.132. The van der Waals surface area contributed by atoms with Gasteiger partial charge in [-0.25, -0.2) is 0 Å². The Bertz CT molecular complexity index is 864. The van der Waals surface area contributed by atoms with Crippen LogP contribution in [0.5, 0.6) is 0 Å². The molecule has 1 amide bonds. The fourth-order valence-electron chi connectivity index (χ4n) is 3.75. The van der Waals surface area contributed by atoms with Crippen molar-refractivity contribution >= 4 is 34.8 Å². The minimum atomic E-state index is -1.04. The molecule has 3 rings (SSSR count). The molecular weight excluding hydrogens is 383 g/mol. The second kappa shape index (κ2) is 7.44. The maximum Gasteiger partial charge on any atom is 0.250 e. The van der Waals surface area contributed by atoms with Gasteiger partial charge in [-0.2, -0.15) is 0 Å². The summed E-state index contributed by atoms with van der Waals surface area (Å²) < 4.78 is 0. The molecule has 0 radical (unpaired) electrons. The molecule has 144 valence electrons. The zero-order chi connectivity index (χ0) is 19.8. The van der Waals surface area contributed by atoms with E-state index < -0.39 is 5.54 Å². The number of anilines is 1. The largest absolute Gasteiger partial charge is 0.381 e. The minimum absolute atomic E-state index is 0.112. The first kappa shape index (κ1) is 20.2. The fraction of sp³-hybridized carbons (Fsp3) is 0.381. The van der Waals surface area contributed by atoms with Gasteiger partial charge in [-0.15, -0.1) is 0 Å². The Hall–Kier alpha value is -1.59. The van der Waals surface area contributed by atoms with Crippen LogP contribution < -0.4 is 5.32 Å². The fourth-order valence-corrected chi connectivity index (χ4v) is 4.14. The van der Waals surface area contributed by atoms with Gasteiger partial charge >= 0.3 is 0 Å². The number of carbonyl (C=O) groups excluding carboxylic acids is 1. The molecule has 0 aromatic heterocycles. The standard InChI is InChI=1S/C21H24Cl2N2O2/c1-20(2,3)12-25(13-26)21(11-14-5-4-6-15(22)9-14)17-8-7-16(23)10-18(17)24-19(21)27/h4-10,26H,11-13H2,1-3H3,(H,24,27)/t21-/m0/s1. The highest BCUT2D eigenvalue weighted by Crippen LogP contribution is 2.44. The normalized spacial score (nSPS) is 19.3. The summed E-state index contributed by atoms with van der Waals surface area (Å²) >= 11 is 12.3. The molecule has 1 aliphatic heterocycles. The third-order valence-electron chi connectivity index (χ3n) is 4.78. The molecule has 4 nitrogen and oxygen atoms in total. The zero-order valence-electron chi connectivity index (χ0n) is 15.7. The Morgan fingerprint density at radius 2 is 1.81 bits per heavy atom. The van der Waals surface area contributed by atoms with E-state index in [1.165, 1.54) is 0 Å². The topological polar surface area (TPSA) is 52.6 Å². The molecule has 0 bridgehead atoms. The number of aliphatic hydroxyl groups is 1. The maximum atomic E-state index is 13.3. The molecule has 2 N–H and O–H groups in total. The van der Waals surface area contributed by atoms with Gasteiger partial charge in [-0.3, -0.25) is 9.69 Å². The number of aliphatic hydroxyl groups excluding tert-OH is 1. The van der Waals surface area contributed by atoms with Crippen LogP contribution in [0.2, 0.25) is 10.0 Å². The van der Waals surface area contributed by atoms with Gasteiger partial charge < -0.3 is 10.4 Å². The van der Waals surface area contributed by atoms with E-state index in [1.807, 2.05) is 29.2 Å². The van der Waals surface area contributed by atoms with E-state index in [-0.39, 0.29) is 18.1 Å². The number of nitrogens with zero attached hydrogens (tertiary/aromatic N) is 1. The van der Waals surface area contributed by atoms with Crippen molar-refractivity contribution in [3.05, 3.63) is 63.6 Å². The lowest BCUT2D eigenvalue weighted by Crippen LogP contribution is -2.55. The summed E-state index contributed by atoms with van der Waals surface area (Å²) in [5.74, 6) is -0.168. The van der Waals surface area contributed by atoms with Crippen LogP contribution in [0, 0.1) is 5.41 Å². The summed E-state index contributed by atoms with van der Waals surface area (Å²) in [6.45, 7) is 6.54. The van der Waals surface area contributed by atoms with Crippen molar-refractivity contribution in [3.8, 4) is 0 Å². The number of hydrogen-bond donors (Lipinski definition) is 2. The first-order valence-electron chi connectivity index (χ1n) is 8.87. The van der Waals surface area contributed by atoms with Crippen LogP contribution >= 0.6 is 23.2 Å². The quantitative estimate of drug-likeness (QED) is 0.708. The molecule has 0 fully saturated rings. The lowest BCUT2D eigenvalue weighted by atomic mass is 9.81. The Balaban J connectivity index is 2.16. The monoisotopic (exact) mass is 406 g/mol. The molecule has 0 spiro atoms. The van der Waals surface area contributed by atoms with E-state index in [0.29, 0.717) is 28.7 Å². The Morgan fingerprint density at radius 1 is 1.11 bits per heavy atom. The van der Waals surface area contributed by atoms with Gasteiger partial charge in [0.2, 0.25) is 5.91 Å². The zero-order valence-corrected chi connectivity index (χ0v) is 17.2. The van der Waals surface area contributed by atoms with Gasteiger partial charge in [0, 0.05) is 34.3 Å². The van der Waals surface area contributed by atoms with Gasteiger partial charge in [0.25, 0.3) is 0 Å². The minimum Gasteiger partial charge on any atom is -0.381 e. The van der Waals surface area contributed by atoms with Gasteiger partial charge in [-0.1, -0.05) is 62.2 Å². The van der Waals surface area contributed by atoms with Crippen molar-refractivity contribution in [1.29, 1.82) is 0 Å². The van der Waals surface area contributed by atoms with Gasteiger partial charge in [0.15, 0.2) is 0 Å². The third-order valence-corrected chi connectivity index (χ3v) is 5.25. The summed E-state index contributed by atoms with van der Waals surface area (Å²) in [4.78, 5) is 15.1. The Kier molecular flexibility index (Phi) is 5.55. The molecule has 1 heterocycles. The molecule has 0 saturated carbocycles. The van der Waals surface area contributed by atoms with E-state index in [0.717, 1.165) is 11.1 Å². The smallest absolute Gasteiger partial charge is 0.250 e. The second-order valence-corrected chi connectivity index (χ2v) is 9.08. The van der Waals surface area contributed by atoms with E-state index in [2.05, 4.69) is 26.1 Å². The highest BCUT2D eigenvalue weighted by molar-refractivity contribution is 6.31. The van der Waals surface area contributed by atoms with Crippen LogP contribution in [-0.4, -0.2) is 29.2 Å². The number of fused-ring (bicyclic) bond motifs is 1. The van der Waals surface area contributed by atoms with Gasteiger partial charge in [-0.05, 0) is 35.2 Å². The molecule has 2 aromatic carbocycles. The van der Waals surface area contributed by atoms with Crippen molar-refractivity contribution in [2.45, 2.75) is 32.7 Å². The molecule has 1 atom stereocenters. The summed E-state index contributed by atoms with van der Waals surface area (Å²) in [6.07, 6.45) is 0.394. The van der Waals surface area contributed by atoms with Crippen LogP contribution in [0.4, 0.5) is 5.69 Å². The summed E-state index contributed by atoms with van der Waals surface area (Å²) in [6, 6.07) is 12.9. The first-order valence-corrected chi connectivity index (χ1v) is 9.63. The average molecular weight is 407 g/mol.